The van der Waals surface area contributed by atoms with Crippen molar-refractivity contribution in [3.8, 4) is 0 Å². The number of aryl methyl sites for hydroxylation is 1. The summed E-state index contributed by atoms with van der Waals surface area (Å²) in [4.78, 5) is 16.8. The van der Waals surface area contributed by atoms with Crippen molar-refractivity contribution in [2.45, 2.75) is 45.7 Å². The number of nitrogens with zero attached hydrogens (tertiary/aromatic N) is 2. The lowest BCUT2D eigenvalue weighted by atomic mass is 10.0. The number of likely N-dealkylation sites (tertiary alicyclic amines) is 1. The van der Waals surface area contributed by atoms with Crippen molar-refractivity contribution in [3.05, 3.63) is 65.5 Å². The number of benzene rings is 2. The van der Waals surface area contributed by atoms with Crippen molar-refractivity contribution in [2.24, 2.45) is 0 Å². The van der Waals surface area contributed by atoms with Crippen molar-refractivity contribution in [3.63, 3.8) is 0 Å². The first-order valence-corrected chi connectivity index (χ1v) is 9.42. The van der Waals surface area contributed by atoms with Crippen LogP contribution in [-0.4, -0.2) is 29.9 Å². The molecule has 0 unspecified atom stereocenters. The van der Waals surface area contributed by atoms with Crippen LogP contribution in [0.3, 0.4) is 0 Å². The summed E-state index contributed by atoms with van der Waals surface area (Å²) >= 11 is 0. The Bertz CT molecular complexity index is 719. The first kappa shape index (κ1) is 18.6. The van der Waals surface area contributed by atoms with Crippen LogP contribution in [0.2, 0.25) is 0 Å². The lowest BCUT2D eigenvalue weighted by Crippen LogP contribution is -2.47. The lowest BCUT2D eigenvalue weighted by Gasteiger charge is -2.38. The molecule has 3 nitrogen and oxygen atoms in total. The Morgan fingerprint density at radius 3 is 2.27 bits per heavy atom. The van der Waals surface area contributed by atoms with E-state index in [0.29, 0.717) is 6.42 Å². The van der Waals surface area contributed by atoms with Crippen LogP contribution in [0.4, 0.5) is 10.1 Å². The van der Waals surface area contributed by atoms with Crippen molar-refractivity contribution in [1.29, 1.82) is 0 Å². The Labute approximate surface area is 155 Å². The molecule has 138 valence electrons. The maximum atomic E-state index is 13.2. The van der Waals surface area contributed by atoms with E-state index in [1.165, 1.54) is 23.3 Å². The van der Waals surface area contributed by atoms with Gasteiger partial charge < -0.3 is 4.90 Å². The molecule has 26 heavy (non-hydrogen) atoms. The third kappa shape index (κ3) is 4.50. The summed E-state index contributed by atoms with van der Waals surface area (Å²) in [6, 6.07) is 15.1. The summed E-state index contributed by atoms with van der Waals surface area (Å²) in [5, 5.41) is 0. The van der Waals surface area contributed by atoms with E-state index in [0.717, 1.165) is 38.2 Å². The molecule has 2 aromatic carbocycles. The lowest BCUT2D eigenvalue weighted by molar-refractivity contribution is -0.119. The maximum absolute atomic E-state index is 13.2. The highest BCUT2D eigenvalue weighted by Crippen LogP contribution is 2.25. The highest BCUT2D eigenvalue weighted by molar-refractivity contribution is 5.93. The summed E-state index contributed by atoms with van der Waals surface area (Å²) < 4.78 is 13.2. The normalized spacial score (nSPS) is 15.8. The first-order valence-electron chi connectivity index (χ1n) is 9.42. The molecule has 0 radical (unpaired) electrons. The molecule has 0 aliphatic carbocycles. The van der Waals surface area contributed by atoms with Crippen molar-refractivity contribution in [1.82, 2.24) is 4.90 Å². The second kappa shape index (κ2) is 8.45. The number of anilines is 1. The molecule has 0 aromatic heterocycles. The minimum absolute atomic E-state index is 0.105. The van der Waals surface area contributed by atoms with Crippen LogP contribution in [0.1, 0.15) is 37.3 Å². The number of hydrogen-bond acceptors (Lipinski definition) is 2. The molecular formula is C22H27FN2O. The van der Waals surface area contributed by atoms with E-state index < -0.39 is 0 Å². The smallest absolute Gasteiger partial charge is 0.226 e. The van der Waals surface area contributed by atoms with Crippen LogP contribution in [-0.2, 0) is 11.3 Å². The van der Waals surface area contributed by atoms with E-state index in [4.69, 9.17) is 0 Å². The Morgan fingerprint density at radius 1 is 1.08 bits per heavy atom. The Balaban J connectivity index is 1.64. The van der Waals surface area contributed by atoms with Gasteiger partial charge in [0.15, 0.2) is 0 Å². The second-order valence-corrected chi connectivity index (χ2v) is 7.09. The first-order chi connectivity index (χ1) is 12.6. The number of carbonyl (C=O) groups is 1. The summed E-state index contributed by atoms with van der Waals surface area (Å²) in [7, 11) is 0. The Hall–Kier alpha value is -2.20. The molecule has 3 rings (SSSR count). The molecule has 1 heterocycles. The fraction of sp³-hybridized carbons (Fsp3) is 0.409. The van der Waals surface area contributed by atoms with Gasteiger partial charge in [0, 0.05) is 37.8 Å². The summed E-state index contributed by atoms with van der Waals surface area (Å²) in [6.45, 7) is 6.86. The predicted molar refractivity (Wildman–Crippen MR) is 104 cm³/mol. The number of hydrogen-bond donors (Lipinski definition) is 0. The van der Waals surface area contributed by atoms with Gasteiger partial charge in [0.2, 0.25) is 5.91 Å². The second-order valence-electron chi connectivity index (χ2n) is 7.09. The number of carbonyl (C=O) groups excluding carboxylic acids is 1. The average molecular weight is 354 g/mol. The van der Waals surface area contributed by atoms with Crippen LogP contribution in [0.15, 0.2) is 48.5 Å². The molecule has 0 bridgehead atoms. The van der Waals surface area contributed by atoms with Gasteiger partial charge in [0.1, 0.15) is 5.82 Å². The van der Waals surface area contributed by atoms with Crippen LogP contribution in [0.25, 0.3) is 0 Å². The van der Waals surface area contributed by atoms with Crippen LogP contribution in [0.5, 0.6) is 0 Å². The van der Waals surface area contributed by atoms with Crippen molar-refractivity contribution < 1.29 is 9.18 Å². The van der Waals surface area contributed by atoms with E-state index >= 15 is 0 Å². The van der Waals surface area contributed by atoms with E-state index in [2.05, 4.69) is 36.1 Å². The topological polar surface area (TPSA) is 23.6 Å². The zero-order valence-electron chi connectivity index (χ0n) is 15.6. The van der Waals surface area contributed by atoms with Crippen LogP contribution in [0, 0.1) is 12.7 Å². The summed E-state index contributed by atoms with van der Waals surface area (Å²) in [5.41, 5.74) is 3.41. The van der Waals surface area contributed by atoms with E-state index in [1.54, 1.807) is 12.1 Å². The molecule has 0 N–H and O–H groups in total. The Morgan fingerprint density at radius 2 is 1.69 bits per heavy atom. The molecule has 1 saturated heterocycles. The third-order valence-electron chi connectivity index (χ3n) is 5.12. The molecular weight excluding hydrogens is 327 g/mol. The number of piperidine rings is 1. The summed E-state index contributed by atoms with van der Waals surface area (Å²) in [6.07, 6.45) is 2.34. The van der Waals surface area contributed by atoms with Gasteiger partial charge in [0.25, 0.3) is 0 Å². The van der Waals surface area contributed by atoms with E-state index in [1.807, 2.05) is 11.8 Å². The molecule has 0 spiro atoms. The van der Waals surface area contributed by atoms with Crippen molar-refractivity contribution in [2.75, 3.05) is 18.0 Å². The minimum Gasteiger partial charge on any atom is -0.309 e. The monoisotopic (exact) mass is 354 g/mol. The minimum atomic E-state index is -0.273. The number of amides is 1. The summed E-state index contributed by atoms with van der Waals surface area (Å²) in [5.74, 6) is -0.167. The van der Waals surface area contributed by atoms with Crippen LogP contribution < -0.4 is 4.90 Å². The standard InChI is InChI=1S/C22H27FN2O/c1-3-22(26)25(20-10-8-19(23)9-11-20)21-12-14-24(15-13-21)16-18-6-4-17(2)5-7-18/h4-11,21H,3,12-16H2,1-2H3. The fourth-order valence-electron chi connectivity index (χ4n) is 3.62. The van der Waals surface area contributed by atoms with Crippen LogP contribution >= 0.6 is 0 Å². The van der Waals surface area contributed by atoms with Gasteiger partial charge in [-0.15, -0.1) is 0 Å². The third-order valence-corrected chi connectivity index (χ3v) is 5.12. The number of halogens is 1. The van der Waals surface area contributed by atoms with Gasteiger partial charge in [-0.2, -0.15) is 0 Å². The fourth-order valence-corrected chi connectivity index (χ4v) is 3.62. The van der Waals surface area contributed by atoms with Gasteiger partial charge in [-0.25, -0.2) is 4.39 Å². The molecule has 1 amide bonds. The molecule has 2 aromatic rings. The largest absolute Gasteiger partial charge is 0.309 e. The van der Waals surface area contributed by atoms with Gasteiger partial charge in [0.05, 0.1) is 0 Å². The zero-order chi connectivity index (χ0) is 18.5. The predicted octanol–water partition coefficient (Wildman–Crippen LogP) is 4.54. The van der Waals surface area contributed by atoms with Gasteiger partial charge >= 0.3 is 0 Å². The SMILES string of the molecule is CCC(=O)N(c1ccc(F)cc1)C1CCN(Cc2ccc(C)cc2)CC1. The Kier molecular flexibility index (Phi) is 6.04. The maximum Gasteiger partial charge on any atom is 0.226 e. The molecule has 1 aliphatic rings. The molecule has 0 saturated carbocycles. The highest BCUT2D eigenvalue weighted by atomic mass is 19.1. The molecule has 1 fully saturated rings. The van der Waals surface area contributed by atoms with Gasteiger partial charge in [-0.1, -0.05) is 36.8 Å². The van der Waals surface area contributed by atoms with E-state index in [9.17, 15) is 9.18 Å². The quantitative estimate of drug-likeness (QED) is 0.787. The zero-order valence-corrected chi connectivity index (χ0v) is 15.6. The van der Waals surface area contributed by atoms with Gasteiger partial charge in [-0.05, 0) is 49.6 Å². The molecule has 4 heteroatoms. The molecule has 0 atom stereocenters. The van der Waals surface area contributed by atoms with E-state index in [-0.39, 0.29) is 17.8 Å². The molecule has 1 aliphatic heterocycles. The number of rotatable bonds is 5. The van der Waals surface area contributed by atoms with Crippen molar-refractivity contribution >= 4 is 11.6 Å². The highest BCUT2D eigenvalue weighted by Gasteiger charge is 2.28. The average Bonchev–Trinajstić information content (AvgIpc) is 2.66. The van der Waals surface area contributed by atoms with Gasteiger partial charge in [-0.3, -0.25) is 9.69 Å².